The summed E-state index contributed by atoms with van der Waals surface area (Å²) in [6.07, 6.45) is 20.7. The number of rotatable bonds is 17. The van der Waals surface area contributed by atoms with Crippen LogP contribution in [0.15, 0.2) is 12.2 Å². The third kappa shape index (κ3) is 17.7. The maximum Gasteiger partial charge on any atom is 0.308 e. The second-order valence-electron chi connectivity index (χ2n) is 7.14. The molecule has 0 rings (SSSR count). The number of hydrogen-bond donors (Lipinski definition) is 2. The lowest BCUT2D eigenvalue weighted by atomic mass is 10.1. The number of ether oxygens (including phenoxy) is 1. The molecule has 0 fully saturated rings. The van der Waals surface area contributed by atoms with Crippen LogP contribution in [0.2, 0.25) is 0 Å². The van der Waals surface area contributed by atoms with Crippen LogP contribution >= 0.6 is 0 Å². The average Bonchev–Trinajstić information content (AvgIpc) is 2.58. The molecule has 0 bridgehead atoms. The normalized spacial score (nSPS) is 13.9. The largest absolute Gasteiger partial charge is 0.431 e. The molecule has 0 aromatic carbocycles. The molecular formula is C21H40O4. The van der Waals surface area contributed by atoms with Crippen molar-refractivity contribution in [3.63, 3.8) is 0 Å². The van der Waals surface area contributed by atoms with E-state index in [2.05, 4.69) is 19.1 Å². The van der Waals surface area contributed by atoms with Crippen LogP contribution in [0.25, 0.3) is 0 Å². The Morgan fingerprint density at radius 2 is 1.36 bits per heavy atom. The van der Waals surface area contributed by atoms with E-state index >= 15 is 0 Å². The number of carbonyl (C=O) groups excluding carboxylic acids is 1. The van der Waals surface area contributed by atoms with Gasteiger partial charge in [-0.2, -0.15) is 0 Å². The first-order chi connectivity index (χ1) is 12.0. The van der Waals surface area contributed by atoms with E-state index < -0.39 is 18.4 Å². The van der Waals surface area contributed by atoms with E-state index in [0.29, 0.717) is 6.42 Å². The molecular weight excluding hydrogens is 316 g/mol. The fourth-order valence-corrected chi connectivity index (χ4v) is 2.67. The molecule has 0 heterocycles. The van der Waals surface area contributed by atoms with Crippen LogP contribution in [0.1, 0.15) is 104 Å². The zero-order valence-corrected chi connectivity index (χ0v) is 16.5. The third-order valence-corrected chi connectivity index (χ3v) is 4.27. The summed E-state index contributed by atoms with van der Waals surface area (Å²) >= 11 is 0. The summed E-state index contributed by atoms with van der Waals surface area (Å²) in [5.74, 6) is -2.20. The van der Waals surface area contributed by atoms with Gasteiger partial charge in [0.2, 0.25) is 5.79 Å². The lowest BCUT2D eigenvalue weighted by Gasteiger charge is -2.20. The van der Waals surface area contributed by atoms with Crippen LogP contribution in [0, 0.1) is 0 Å². The highest BCUT2D eigenvalue weighted by atomic mass is 16.7. The molecule has 148 valence electrons. The maximum absolute atomic E-state index is 11.4. The molecule has 0 saturated carbocycles. The highest BCUT2D eigenvalue weighted by Gasteiger charge is 2.23. The molecule has 0 amide bonds. The summed E-state index contributed by atoms with van der Waals surface area (Å²) in [5.41, 5.74) is 0. The van der Waals surface area contributed by atoms with Gasteiger partial charge in [0, 0.05) is 13.3 Å². The molecule has 2 N–H and O–H groups in total. The molecule has 0 radical (unpaired) electrons. The zero-order valence-electron chi connectivity index (χ0n) is 16.5. The Morgan fingerprint density at radius 3 is 1.88 bits per heavy atom. The lowest BCUT2D eigenvalue weighted by Crippen LogP contribution is -2.35. The van der Waals surface area contributed by atoms with Crippen molar-refractivity contribution in [2.24, 2.45) is 0 Å². The minimum atomic E-state index is -1.75. The second kappa shape index (κ2) is 16.6. The maximum atomic E-state index is 11.4. The molecule has 25 heavy (non-hydrogen) atoms. The number of hydrogen-bond acceptors (Lipinski definition) is 4. The summed E-state index contributed by atoms with van der Waals surface area (Å²) in [4.78, 5) is 11.4. The molecule has 1 atom stereocenters. The van der Waals surface area contributed by atoms with E-state index in [4.69, 9.17) is 9.84 Å². The Kier molecular flexibility index (Phi) is 16.0. The Balaban J connectivity index is 3.30. The first kappa shape index (κ1) is 24.1. The van der Waals surface area contributed by atoms with Gasteiger partial charge < -0.3 is 14.9 Å². The molecule has 0 aliphatic rings. The predicted molar refractivity (Wildman–Crippen MR) is 103 cm³/mol. The van der Waals surface area contributed by atoms with Gasteiger partial charge in [-0.05, 0) is 32.1 Å². The van der Waals surface area contributed by atoms with E-state index in [0.717, 1.165) is 25.7 Å². The molecule has 0 aromatic rings. The summed E-state index contributed by atoms with van der Waals surface area (Å²) in [7, 11) is 0. The van der Waals surface area contributed by atoms with Gasteiger partial charge in [-0.1, -0.05) is 70.4 Å². The second-order valence-corrected chi connectivity index (χ2v) is 7.14. The molecule has 1 unspecified atom stereocenters. The van der Waals surface area contributed by atoms with Crippen molar-refractivity contribution >= 4 is 5.97 Å². The molecule has 0 spiro atoms. The summed E-state index contributed by atoms with van der Waals surface area (Å²) in [6.45, 7) is 2.96. The zero-order chi connectivity index (χ0) is 18.8. The van der Waals surface area contributed by atoms with Gasteiger partial charge in [0.05, 0.1) is 0 Å². The first-order valence-corrected chi connectivity index (χ1v) is 10.2. The fourth-order valence-electron chi connectivity index (χ4n) is 2.67. The Bertz CT molecular complexity index is 337. The minimum Gasteiger partial charge on any atom is -0.431 e. The predicted octanol–water partition coefficient (Wildman–Crippen LogP) is 5.27. The summed E-state index contributed by atoms with van der Waals surface area (Å²) in [5, 5.41) is 18.2. The number of allylic oxidation sites excluding steroid dienone is 2. The number of esters is 1. The monoisotopic (exact) mass is 356 g/mol. The fraction of sp³-hybridized carbons (Fsp3) is 0.857. The van der Waals surface area contributed by atoms with Crippen LogP contribution in [-0.4, -0.2) is 28.6 Å². The standard InChI is InChI=1S/C21H40O4/c1-3-4-5-6-7-8-9-10-11-12-13-14-15-16-17-18-20(23)25-21(2,24)19-22/h10-11,22,24H,3-9,12-19H2,1-2H3. The number of aliphatic hydroxyl groups is 2. The number of carbonyl (C=O) groups is 1. The topological polar surface area (TPSA) is 66.8 Å². The molecule has 0 aromatic heterocycles. The highest BCUT2D eigenvalue weighted by Crippen LogP contribution is 2.12. The van der Waals surface area contributed by atoms with E-state index in [1.54, 1.807) is 0 Å². The number of unbranched alkanes of at least 4 members (excludes halogenated alkanes) is 11. The van der Waals surface area contributed by atoms with Gasteiger partial charge in [0.25, 0.3) is 0 Å². The van der Waals surface area contributed by atoms with Gasteiger partial charge in [-0.25, -0.2) is 0 Å². The molecule has 4 heteroatoms. The molecule has 4 nitrogen and oxygen atoms in total. The minimum absolute atomic E-state index is 0.300. The Labute approximate surface area is 154 Å². The average molecular weight is 357 g/mol. The summed E-state index contributed by atoms with van der Waals surface area (Å²) in [6, 6.07) is 0. The van der Waals surface area contributed by atoms with Gasteiger partial charge >= 0.3 is 5.97 Å². The summed E-state index contributed by atoms with van der Waals surface area (Å²) < 4.78 is 4.76. The lowest BCUT2D eigenvalue weighted by molar-refractivity contribution is -0.214. The van der Waals surface area contributed by atoms with Crippen molar-refractivity contribution in [3.8, 4) is 0 Å². The van der Waals surface area contributed by atoms with Crippen molar-refractivity contribution in [1.29, 1.82) is 0 Å². The molecule has 0 aliphatic heterocycles. The third-order valence-electron chi connectivity index (χ3n) is 4.27. The first-order valence-electron chi connectivity index (χ1n) is 10.2. The molecule has 0 saturated heterocycles. The smallest absolute Gasteiger partial charge is 0.308 e. The van der Waals surface area contributed by atoms with Gasteiger partial charge in [-0.3, -0.25) is 4.79 Å². The van der Waals surface area contributed by atoms with Gasteiger partial charge in [-0.15, -0.1) is 0 Å². The Morgan fingerprint density at radius 1 is 0.880 bits per heavy atom. The van der Waals surface area contributed by atoms with Crippen molar-refractivity contribution in [1.82, 2.24) is 0 Å². The van der Waals surface area contributed by atoms with Crippen molar-refractivity contribution < 1.29 is 19.7 Å². The number of aliphatic hydroxyl groups excluding tert-OH is 1. The van der Waals surface area contributed by atoms with Crippen LogP contribution in [0.4, 0.5) is 0 Å². The quantitative estimate of drug-likeness (QED) is 0.161. The van der Waals surface area contributed by atoms with Gasteiger partial charge in [0.1, 0.15) is 6.61 Å². The van der Waals surface area contributed by atoms with Crippen molar-refractivity contribution in [3.05, 3.63) is 12.2 Å². The van der Waals surface area contributed by atoms with E-state index in [1.807, 2.05) is 0 Å². The van der Waals surface area contributed by atoms with Crippen LogP contribution in [-0.2, 0) is 9.53 Å². The van der Waals surface area contributed by atoms with Crippen LogP contribution in [0.5, 0.6) is 0 Å². The van der Waals surface area contributed by atoms with Crippen molar-refractivity contribution in [2.45, 2.75) is 110 Å². The molecule has 0 aliphatic carbocycles. The van der Waals surface area contributed by atoms with Gasteiger partial charge in [0.15, 0.2) is 0 Å². The highest BCUT2D eigenvalue weighted by molar-refractivity contribution is 5.69. The van der Waals surface area contributed by atoms with Crippen LogP contribution < -0.4 is 0 Å². The Hall–Kier alpha value is -0.870. The van der Waals surface area contributed by atoms with E-state index in [1.165, 1.54) is 64.7 Å². The van der Waals surface area contributed by atoms with E-state index in [-0.39, 0.29) is 0 Å². The SMILES string of the molecule is CCCCCCCCC=CCCCCCCCC(=O)OC(C)(O)CO. The van der Waals surface area contributed by atoms with Crippen LogP contribution in [0.3, 0.4) is 0 Å². The van der Waals surface area contributed by atoms with Crippen molar-refractivity contribution in [2.75, 3.05) is 6.61 Å². The van der Waals surface area contributed by atoms with E-state index in [9.17, 15) is 9.90 Å².